The molecule has 0 radical (unpaired) electrons. The zero-order chi connectivity index (χ0) is 14.0. The van der Waals surface area contributed by atoms with Crippen molar-refractivity contribution in [3.8, 4) is 5.75 Å². The molecule has 0 saturated carbocycles. The topological polar surface area (TPSA) is 43.4 Å². The highest BCUT2D eigenvalue weighted by Crippen LogP contribution is 2.29. The highest BCUT2D eigenvalue weighted by molar-refractivity contribution is 6.09. The van der Waals surface area contributed by atoms with Gasteiger partial charge in [-0.1, -0.05) is 30.8 Å². The standard InChI is InChI=1S/C16H14O3/c1-10(2)16(18)19-15-9-8-12(11(3)17)13-6-4-5-7-14(13)15/h4-9H,1H2,2-3H3. The van der Waals surface area contributed by atoms with Gasteiger partial charge in [-0.2, -0.15) is 0 Å². The van der Waals surface area contributed by atoms with Crippen molar-refractivity contribution in [1.29, 1.82) is 0 Å². The van der Waals surface area contributed by atoms with Crippen LogP contribution in [0.2, 0.25) is 0 Å². The molecule has 19 heavy (non-hydrogen) atoms. The van der Waals surface area contributed by atoms with E-state index in [2.05, 4.69) is 6.58 Å². The molecule has 0 aromatic heterocycles. The summed E-state index contributed by atoms with van der Waals surface area (Å²) in [5.74, 6) is -0.0525. The van der Waals surface area contributed by atoms with E-state index in [1.165, 1.54) is 6.92 Å². The Morgan fingerprint density at radius 2 is 1.63 bits per heavy atom. The van der Waals surface area contributed by atoms with Crippen molar-refractivity contribution in [2.75, 3.05) is 0 Å². The van der Waals surface area contributed by atoms with Crippen LogP contribution in [-0.2, 0) is 4.79 Å². The molecular formula is C16H14O3. The van der Waals surface area contributed by atoms with Crippen molar-refractivity contribution in [2.45, 2.75) is 13.8 Å². The van der Waals surface area contributed by atoms with Crippen LogP contribution in [0.3, 0.4) is 0 Å². The first kappa shape index (κ1) is 13.0. The first-order chi connectivity index (χ1) is 9.00. The molecular weight excluding hydrogens is 240 g/mol. The van der Waals surface area contributed by atoms with Crippen molar-refractivity contribution < 1.29 is 14.3 Å². The molecule has 0 unspecified atom stereocenters. The van der Waals surface area contributed by atoms with E-state index in [0.29, 0.717) is 16.9 Å². The minimum atomic E-state index is -0.472. The molecule has 0 fully saturated rings. The fourth-order valence-corrected chi connectivity index (χ4v) is 1.85. The quantitative estimate of drug-likeness (QED) is 0.364. The molecule has 0 saturated heterocycles. The average molecular weight is 254 g/mol. The van der Waals surface area contributed by atoms with Crippen molar-refractivity contribution >= 4 is 22.5 Å². The highest BCUT2D eigenvalue weighted by atomic mass is 16.5. The molecule has 0 atom stereocenters. The molecule has 0 bridgehead atoms. The highest BCUT2D eigenvalue weighted by Gasteiger charge is 2.12. The van der Waals surface area contributed by atoms with E-state index in [4.69, 9.17) is 4.74 Å². The van der Waals surface area contributed by atoms with E-state index in [1.807, 2.05) is 24.3 Å². The number of ketones is 1. The van der Waals surface area contributed by atoms with Gasteiger partial charge in [0.1, 0.15) is 5.75 Å². The largest absolute Gasteiger partial charge is 0.423 e. The molecule has 2 aromatic carbocycles. The van der Waals surface area contributed by atoms with E-state index >= 15 is 0 Å². The Morgan fingerprint density at radius 1 is 1.00 bits per heavy atom. The van der Waals surface area contributed by atoms with E-state index < -0.39 is 5.97 Å². The van der Waals surface area contributed by atoms with E-state index in [9.17, 15) is 9.59 Å². The molecule has 3 nitrogen and oxygen atoms in total. The fourth-order valence-electron chi connectivity index (χ4n) is 1.85. The summed E-state index contributed by atoms with van der Waals surface area (Å²) in [6.07, 6.45) is 0. The number of rotatable bonds is 3. The Labute approximate surface area is 111 Å². The van der Waals surface area contributed by atoms with Gasteiger partial charge in [0.05, 0.1) is 0 Å². The smallest absolute Gasteiger partial charge is 0.338 e. The van der Waals surface area contributed by atoms with Gasteiger partial charge < -0.3 is 4.74 Å². The zero-order valence-electron chi connectivity index (χ0n) is 10.9. The van der Waals surface area contributed by atoms with Gasteiger partial charge in [0.25, 0.3) is 0 Å². The molecule has 0 N–H and O–H groups in total. The van der Waals surface area contributed by atoms with Gasteiger partial charge in [-0.25, -0.2) is 4.79 Å². The number of fused-ring (bicyclic) bond motifs is 1. The second kappa shape index (κ2) is 5.06. The number of Topliss-reactive ketones (excluding diaryl/α,β-unsaturated/α-hetero) is 1. The van der Waals surface area contributed by atoms with Crippen LogP contribution < -0.4 is 4.74 Å². The van der Waals surface area contributed by atoms with Gasteiger partial charge in [0.2, 0.25) is 0 Å². The van der Waals surface area contributed by atoms with Crippen molar-refractivity contribution in [3.63, 3.8) is 0 Å². The van der Waals surface area contributed by atoms with Gasteiger partial charge in [-0.3, -0.25) is 4.79 Å². The number of hydrogen-bond acceptors (Lipinski definition) is 3. The van der Waals surface area contributed by atoms with Gasteiger partial charge in [0, 0.05) is 16.5 Å². The van der Waals surface area contributed by atoms with Gasteiger partial charge >= 0.3 is 5.97 Å². The van der Waals surface area contributed by atoms with Crippen LogP contribution in [0.25, 0.3) is 10.8 Å². The monoisotopic (exact) mass is 254 g/mol. The van der Waals surface area contributed by atoms with Crippen LogP contribution >= 0.6 is 0 Å². The second-order valence-electron chi connectivity index (χ2n) is 4.38. The minimum Gasteiger partial charge on any atom is -0.423 e. The Balaban J connectivity index is 2.59. The van der Waals surface area contributed by atoms with E-state index in [-0.39, 0.29) is 5.78 Å². The summed E-state index contributed by atoms with van der Waals surface area (Å²) >= 11 is 0. The molecule has 3 heteroatoms. The zero-order valence-corrected chi connectivity index (χ0v) is 10.9. The lowest BCUT2D eigenvalue weighted by atomic mass is 10.0. The van der Waals surface area contributed by atoms with Gasteiger partial charge in [-0.05, 0) is 31.4 Å². The van der Waals surface area contributed by atoms with Crippen molar-refractivity contribution in [1.82, 2.24) is 0 Å². The third kappa shape index (κ3) is 2.55. The van der Waals surface area contributed by atoms with Crippen LogP contribution in [-0.4, -0.2) is 11.8 Å². The van der Waals surface area contributed by atoms with E-state index in [0.717, 1.165) is 10.8 Å². The average Bonchev–Trinajstić information content (AvgIpc) is 2.38. The molecule has 2 aromatic rings. The summed E-state index contributed by atoms with van der Waals surface area (Å²) < 4.78 is 5.27. The van der Waals surface area contributed by atoms with Crippen LogP contribution in [0, 0.1) is 0 Å². The second-order valence-corrected chi connectivity index (χ2v) is 4.38. The lowest BCUT2D eigenvalue weighted by Crippen LogP contribution is -2.09. The maximum Gasteiger partial charge on any atom is 0.338 e. The number of hydrogen-bond donors (Lipinski definition) is 0. The minimum absolute atomic E-state index is 0.0195. The van der Waals surface area contributed by atoms with Crippen molar-refractivity contribution in [2.24, 2.45) is 0 Å². The predicted octanol–water partition coefficient (Wildman–Crippen LogP) is 3.52. The fraction of sp³-hybridized carbons (Fsp3) is 0.125. The van der Waals surface area contributed by atoms with Gasteiger partial charge in [-0.15, -0.1) is 0 Å². The third-order valence-corrected chi connectivity index (χ3v) is 2.81. The molecule has 0 aliphatic carbocycles. The van der Waals surface area contributed by atoms with Crippen LogP contribution in [0.15, 0.2) is 48.6 Å². The van der Waals surface area contributed by atoms with E-state index in [1.54, 1.807) is 19.1 Å². The normalized spacial score (nSPS) is 10.2. The predicted molar refractivity (Wildman–Crippen MR) is 74.4 cm³/mol. The van der Waals surface area contributed by atoms with Gasteiger partial charge in [0.15, 0.2) is 5.78 Å². The Hall–Kier alpha value is -2.42. The lowest BCUT2D eigenvalue weighted by Gasteiger charge is -2.10. The number of carbonyl (C=O) groups is 2. The first-order valence-corrected chi connectivity index (χ1v) is 5.91. The first-order valence-electron chi connectivity index (χ1n) is 5.91. The number of benzene rings is 2. The number of esters is 1. The van der Waals surface area contributed by atoms with Crippen molar-refractivity contribution in [3.05, 3.63) is 54.1 Å². The SMILES string of the molecule is C=C(C)C(=O)Oc1ccc(C(C)=O)c2ccccc12. The maximum absolute atomic E-state index is 11.6. The Bertz CT molecular complexity index is 683. The summed E-state index contributed by atoms with van der Waals surface area (Å²) in [6, 6.07) is 10.7. The summed E-state index contributed by atoms with van der Waals surface area (Å²) in [7, 11) is 0. The Morgan fingerprint density at radius 3 is 2.21 bits per heavy atom. The molecule has 96 valence electrons. The summed E-state index contributed by atoms with van der Waals surface area (Å²) in [5.41, 5.74) is 0.949. The van der Waals surface area contributed by atoms with Crippen LogP contribution in [0.4, 0.5) is 0 Å². The summed E-state index contributed by atoms with van der Waals surface area (Å²) in [5, 5.41) is 1.52. The molecule has 0 amide bonds. The summed E-state index contributed by atoms with van der Waals surface area (Å²) in [4.78, 5) is 23.2. The molecule has 2 rings (SSSR count). The number of carbonyl (C=O) groups excluding carboxylic acids is 2. The molecule has 0 aliphatic heterocycles. The maximum atomic E-state index is 11.6. The molecule has 0 spiro atoms. The Kier molecular flexibility index (Phi) is 3.47. The lowest BCUT2D eigenvalue weighted by molar-refractivity contribution is -0.129. The van der Waals surface area contributed by atoms with Crippen LogP contribution in [0.1, 0.15) is 24.2 Å². The number of ether oxygens (including phenoxy) is 1. The summed E-state index contributed by atoms with van der Waals surface area (Å²) in [6.45, 7) is 6.66. The molecule has 0 aliphatic rings. The van der Waals surface area contributed by atoms with Crippen LogP contribution in [0.5, 0.6) is 5.75 Å². The molecule has 0 heterocycles. The third-order valence-electron chi connectivity index (χ3n) is 2.81.